The van der Waals surface area contributed by atoms with Crippen LogP contribution in [0.25, 0.3) is 0 Å². The van der Waals surface area contributed by atoms with Gasteiger partial charge in [0.25, 0.3) is 5.91 Å². The summed E-state index contributed by atoms with van der Waals surface area (Å²) in [6.07, 6.45) is 1.99. The number of amides is 1. The fraction of sp³-hybridized carbons (Fsp3) is 0.261. The SMILES string of the molecule is Cc1cccc(N2CCN(C(=O)c3cccn3Cc3ccccc3)CC2)c1. The molecular formula is C23H25N3O. The molecule has 2 heterocycles. The number of piperazine rings is 1. The first-order valence-electron chi connectivity index (χ1n) is 9.51. The molecule has 4 heteroatoms. The lowest BCUT2D eigenvalue weighted by Gasteiger charge is -2.36. The monoisotopic (exact) mass is 359 g/mol. The maximum absolute atomic E-state index is 13.1. The molecule has 0 bridgehead atoms. The van der Waals surface area contributed by atoms with Crippen molar-refractivity contribution in [3.05, 3.63) is 89.7 Å². The van der Waals surface area contributed by atoms with Gasteiger partial charge in [0, 0.05) is 44.6 Å². The third kappa shape index (κ3) is 3.90. The van der Waals surface area contributed by atoms with Gasteiger partial charge in [-0.3, -0.25) is 4.79 Å². The Labute approximate surface area is 160 Å². The molecule has 1 fully saturated rings. The average Bonchev–Trinajstić information content (AvgIpc) is 3.16. The zero-order chi connectivity index (χ0) is 18.6. The smallest absolute Gasteiger partial charge is 0.270 e. The van der Waals surface area contributed by atoms with E-state index in [1.54, 1.807) is 0 Å². The molecule has 1 aromatic heterocycles. The minimum Gasteiger partial charge on any atom is -0.368 e. The lowest BCUT2D eigenvalue weighted by molar-refractivity contribution is 0.0736. The van der Waals surface area contributed by atoms with Crippen molar-refractivity contribution >= 4 is 11.6 Å². The molecule has 0 aliphatic carbocycles. The van der Waals surface area contributed by atoms with Crippen LogP contribution in [0, 0.1) is 6.92 Å². The lowest BCUT2D eigenvalue weighted by Crippen LogP contribution is -2.49. The highest BCUT2D eigenvalue weighted by Gasteiger charge is 2.24. The molecule has 1 aliphatic heterocycles. The number of hydrogen-bond acceptors (Lipinski definition) is 2. The van der Waals surface area contributed by atoms with Gasteiger partial charge in [0.2, 0.25) is 0 Å². The van der Waals surface area contributed by atoms with E-state index in [0.717, 1.165) is 38.4 Å². The van der Waals surface area contributed by atoms with Gasteiger partial charge in [-0.25, -0.2) is 0 Å². The molecule has 0 spiro atoms. The number of aromatic nitrogens is 1. The molecule has 0 radical (unpaired) electrons. The summed E-state index contributed by atoms with van der Waals surface area (Å²) in [5, 5.41) is 0. The Morgan fingerprint density at radius 1 is 0.889 bits per heavy atom. The van der Waals surface area contributed by atoms with Gasteiger partial charge < -0.3 is 14.4 Å². The summed E-state index contributed by atoms with van der Waals surface area (Å²) in [4.78, 5) is 17.4. The quantitative estimate of drug-likeness (QED) is 0.709. The first-order chi connectivity index (χ1) is 13.2. The van der Waals surface area contributed by atoms with Crippen molar-refractivity contribution in [1.82, 2.24) is 9.47 Å². The minimum atomic E-state index is 0.125. The van der Waals surface area contributed by atoms with Crippen LogP contribution in [0.4, 0.5) is 5.69 Å². The van der Waals surface area contributed by atoms with Crippen LogP contribution < -0.4 is 4.90 Å². The Morgan fingerprint density at radius 3 is 2.41 bits per heavy atom. The molecule has 1 amide bonds. The van der Waals surface area contributed by atoms with Gasteiger partial charge >= 0.3 is 0 Å². The molecule has 1 saturated heterocycles. The van der Waals surface area contributed by atoms with E-state index in [9.17, 15) is 4.79 Å². The predicted octanol–water partition coefficient (Wildman–Crippen LogP) is 3.81. The summed E-state index contributed by atoms with van der Waals surface area (Å²) >= 11 is 0. The maximum atomic E-state index is 13.1. The predicted molar refractivity (Wildman–Crippen MR) is 109 cm³/mol. The number of carbonyl (C=O) groups is 1. The van der Waals surface area contributed by atoms with Crippen molar-refractivity contribution in [2.24, 2.45) is 0 Å². The Hall–Kier alpha value is -3.01. The highest BCUT2D eigenvalue weighted by molar-refractivity contribution is 5.93. The van der Waals surface area contributed by atoms with Crippen LogP contribution in [0.3, 0.4) is 0 Å². The molecule has 4 nitrogen and oxygen atoms in total. The lowest BCUT2D eigenvalue weighted by atomic mass is 10.2. The Morgan fingerprint density at radius 2 is 1.67 bits per heavy atom. The van der Waals surface area contributed by atoms with Crippen molar-refractivity contribution in [3.8, 4) is 0 Å². The van der Waals surface area contributed by atoms with Crippen LogP contribution in [0.1, 0.15) is 21.6 Å². The second kappa shape index (κ2) is 7.70. The molecule has 138 valence electrons. The topological polar surface area (TPSA) is 28.5 Å². The van der Waals surface area contributed by atoms with Gasteiger partial charge in [-0.05, 0) is 42.3 Å². The summed E-state index contributed by atoms with van der Waals surface area (Å²) in [6, 6.07) is 22.7. The van der Waals surface area contributed by atoms with Crippen molar-refractivity contribution in [3.63, 3.8) is 0 Å². The number of aryl methyl sites for hydroxylation is 1. The summed E-state index contributed by atoms with van der Waals surface area (Å²) in [5.41, 5.74) is 4.48. The summed E-state index contributed by atoms with van der Waals surface area (Å²) in [7, 11) is 0. The first-order valence-corrected chi connectivity index (χ1v) is 9.51. The maximum Gasteiger partial charge on any atom is 0.270 e. The van der Waals surface area contributed by atoms with E-state index in [-0.39, 0.29) is 5.91 Å². The van der Waals surface area contributed by atoms with E-state index in [1.165, 1.54) is 16.8 Å². The molecule has 0 atom stereocenters. The molecule has 0 saturated carbocycles. The van der Waals surface area contributed by atoms with E-state index in [4.69, 9.17) is 0 Å². The van der Waals surface area contributed by atoms with E-state index >= 15 is 0 Å². The van der Waals surface area contributed by atoms with Crippen molar-refractivity contribution in [2.45, 2.75) is 13.5 Å². The Kier molecular flexibility index (Phi) is 4.97. The van der Waals surface area contributed by atoms with Crippen molar-refractivity contribution < 1.29 is 4.79 Å². The van der Waals surface area contributed by atoms with Crippen LogP contribution in [-0.4, -0.2) is 41.6 Å². The van der Waals surface area contributed by atoms with E-state index in [0.29, 0.717) is 0 Å². The second-order valence-electron chi connectivity index (χ2n) is 7.13. The van der Waals surface area contributed by atoms with Crippen LogP contribution in [0.5, 0.6) is 0 Å². The summed E-state index contributed by atoms with van der Waals surface area (Å²) in [5.74, 6) is 0.125. The summed E-state index contributed by atoms with van der Waals surface area (Å²) in [6.45, 7) is 6.08. The largest absolute Gasteiger partial charge is 0.368 e. The molecule has 27 heavy (non-hydrogen) atoms. The van der Waals surface area contributed by atoms with Gasteiger partial charge in [0.1, 0.15) is 5.69 Å². The van der Waals surface area contributed by atoms with Gasteiger partial charge in [-0.1, -0.05) is 42.5 Å². The fourth-order valence-corrected chi connectivity index (χ4v) is 3.68. The Bertz CT molecular complexity index is 908. The number of benzene rings is 2. The van der Waals surface area contributed by atoms with Gasteiger partial charge in [-0.2, -0.15) is 0 Å². The van der Waals surface area contributed by atoms with Crippen LogP contribution in [-0.2, 0) is 6.54 Å². The first kappa shape index (κ1) is 17.4. The highest BCUT2D eigenvalue weighted by atomic mass is 16.2. The van der Waals surface area contributed by atoms with Crippen molar-refractivity contribution in [1.29, 1.82) is 0 Å². The number of carbonyl (C=O) groups excluding carboxylic acids is 1. The molecule has 0 unspecified atom stereocenters. The van der Waals surface area contributed by atoms with Crippen LogP contribution in [0.2, 0.25) is 0 Å². The standard InChI is InChI=1S/C23H25N3O/c1-19-7-5-10-21(17-19)24-13-15-25(16-14-24)23(27)22-11-6-12-26(22)18-20-8-3-2-4-9-20/h2-12,17H,13-16,18H2,1H3. The van der Waals surface area contributed by atoms with Crippen molar-refractivity contribution in [2.75, 3.05) is 31.1 Å². The zero-order valence-electron chi connectivity index (χ0n) is 15.7. The second-order valence-corrected chi connectivity index (χ2v) is 7.13. The minimum absolute atomic E-state index is 0.125. The Balaban J connectivity index is 1.42. The number of rotatable bonds is 4. The number of nitrogens with zero attached hydrogens (tertiary/aromatic N) is 3. The van der Waals surface area contributed by atoms with Crippen LogP contribution >= 0.6 is 0 Å². The highest BCUT2D eigenvalue weighted by Crippen LogP contribution is 2.19. The van der Waals surface area contributed by atoms with Crippen LogP contribution in [0.15, 0.2) is 72.9 Å². The summed E-state index contributed by atoms with van der Waals surface area (Å²) < 4.78 is 2.05. The molecular weight excluding hydrogens is 334 g/mol. The zero-order valence-corrected chi connectivity index (χ0v) is 15.7. The molecule has 1 aliphatic rings. The molecule has 2 aromatic carbocycles. The third-order valence-electron chi connectivity index (χ3n) is 5.18. The normalized spacial score (nSPS) is 14.4. The van der Waals surface area contributed by atoms with E-state index in [2.05, 4.69) is 48.2 Å². The third-order valence-corrected chi connectivity index (χ3v) is 5.18. The van der Waals surface area contributed by atoms with Gasteiger partial charge in [-0.15, -0.1) is 0 Å². The average molecular weight is 359 g/mol. The molecule has 3 aromatic rings. The number of anilines is 1. The van der Waals surface area contributed by atoms with E-state index in [1.807, 2.05) is 46.0 Å². The van der Waals surface area contributed by atoms with E-state index < -0.39 is 0 Å². The fourth-order valence-electron chi connectivity index (χ4n) is 3.68. The van der Waals surface area contributed by atoms with Gasteiger partial charge in [0.05, 0.1) is 0 Å². The molecule has 0 N–H and O–H groups in total. The van der Waals surface area contributed by atoms with Gasteiger partial charge in [0.15, 0.2) is 0 Å². The molecule has 4 rings (SSSR count). The number of hydrogen-bond donors (Lipinski definition) is 0.